The first-order chi connectivity index (χ1) is 8.54. The van der Waals surface area contributed by atoms with Crippen LogP contribution in [0.2, 0.25) is 0 Å². The molecule has 0 aliphatic heterocycles. The van der Waals surface area contributed by atoms with Crippen LogP contribution in [-0.2, 0) is 14.3 Å². The highest BCUT2D eigenvalue weighted by atomic mass is 32.2. The summed E-state index contributed by atoms with van der Waals surface area (Å²) < 4.78 is 29.7. The molecule has 1 atom stereocenters. The van der Waals surface area contributed by atoms with Crippen molar-refractivity contribution in [3.8, 4) is 0 Å². The molecule has 1 unspecified atom stereocenters. The van der Waals surface area contributed by atoms with Gasteiger partial charge in [0, 0.05) is 0 Å². The lowest BCUT2D eigenvalue weighted by Crippen LogP contribution is -2.42. The lowest BCUT2D eigenvalue weighted by Gasteiger charge is -2.45. The molecular formula is C14H18O3S. The molecule has 3 saturated carbocycles. The minimum atomic E-state index is -3.58. The molecule has 0 aromatic heterocycles. The Morgan fingerprint density at radius 2 is 1.78 bits per heavy atom. The number of benzene rings is 1. The Bertz CT molecular complexity index is 524. The van der Waals surface area contributed by atoms with Gasteiger partial charge in [-0.1, -0.05) is 17.7 Å². The average molecular weight is 266 g/mol. The predicted octanol–water partition coefficient (Wildman–Crippen LogP) is 2.89. The van der Waals surface area contributed by atoms with Gasteiger partial charge in [0.2, 0.25) is 0 Å². The molecule has 4 heteroatoms. The van der Waals surface area contributed by atoms with E-state index in [0.29, 0.717) is 5.92 Å². The highest BCUT2D eigenvalue weighted by molar-refractivity contribution is 7.86. The molecule has 98 valence electrons. The second kappa shape index (κ2) is 4.35. The van der Waals surface area contributed by atoms with Gasteiger partial charge in [0.05, 0.1) is 11.0 Å². The smallest absolute Gasteiger partial charge is 0.263 e. The number of aryl methyl sites for hydroxylation is 1. The van der Waals surface area contributed by atoms with Crippen LogP contribution in [0.5, 0.6) is 0 Å². The molecule has 0 radical (unpaired) electrons. The molecule has 3 aliphatic rings. The van der Waals surface area contributed by atoms with Crippen molar-refractivity contribution in [2.45, 2.75) is 43.6 Å². The molecule has 18 heavy (non-hydrogen) atoms. The van der Waals surface area contributed by atoms with E-state index >= 15 is 0 Å². The van der Waals surface area contributed by atoms with Gasteiger partial charge in [0.15, 0.2) is 0 Å². The average Bonchev–Trinajstić information content (AvgIpc) is 2.28. The normalized spacial score (nSPS) is 30.8. The maximum absolute atomic E-state index is 12.2. The van der Waals surface area contributed by atoms with E-state index in [1.54, 1.807) is 24.3 Å². The van der Waals surface area contributed by atoms with E-state index in [9.17, 15) is 8.42 Å². The Balaban J connectivity index is 1.76. The van der Waals surface area contributed by atoms with Gasteiger partial charge in [-0.15, -0.1) is 0 Å². The Kier molecular flexibility index (Phi) is 2.94. The second-order valence-electron chi connectivity index (χ2n) is 5.58. The molecule has 0 heterocycles. The Morgan fingerprint density at radius 1 is 1.11 bits per heavy atom. The summed E-state index contributed by atoms with van der Waals surface area (Å²) >= 11 is 0. The van der Waals surface area contributed by atoms with Crippen molar-refractivity contribution in [3.63, 3.8) is 0 Å². The molecule has 0 spiro atoms. The van der Waals surface area contributed by atoms with Crippen molar-refractivity contribution in [2.75, 3.05) is 0 Å². The molecule has 1 aromatic carbocycles. The Labute approximate surface area is 108 Å². The van der Waals surface area contributed by atoms with Crippen molar-refractivity contribution >= 4 is 10.1 Å². The van der Waals surface area contributed by atoms with E-state index in [1.165, 1.54) is 0 Å². The molecular weight excluding hydrogens is 248 g/mol. The molecule has 0 saturated heterocycles. The quantitative estimate of drug-likeness (QED) is 0.790. The molecule has 3 nitrogen and oxygen atoms in total. The number of hydrogen-bond donors (Lipinski definition) is 0. The van der Waals surface area contributed by atoms with Gasteiger partial charge < -0.3 is 0 Å². The topological polar surface area (TPSA) is 43.4 Å². The van der Waals surface area contributed by atoms with E-state index in [4.69, 9.17) is 4.18 Å². The third-order valence-electron chi connectivity index (χ3n) is 4.22. The Morgan fingerprint density at radius 3 is 2.33 bits per heavy atom. The van der Waals surface area contributed by atoms with Crippen molar-refractivity contribution in [3.05, 3.63) is 29.8 Å². The van der Waals surface area contributed by atoms with E-state index < -0.39 is 10.1 Å². The van der Waals surface area contributed by atoms with Crippen molar-refractivity contribution in [1.82, 2.24) is 0 Å². The van der Waals surface area contributed by atoms with Crippen LogP contribution in [0.15, 0.2) is 29.2 Å². The van der Waals surface area contributed by atoms with Crippen molar-refractivity contribution in [1.29, 1.82) is 0 Å². The summed E-state index contributed by atoms with van der Waals surface area (Å²) in [5.41, 5.74) is 1.05. The van der Waals surface area contributed by atoms with Crippen LogP contribution in [0.3, 0.4) is 0 Å². The van der Waals surface area contributed by atoms with Crippen LogP contribution in [-0.4, -0.2) is 14.5 Å². The van der Waals surface area contributed by atoms with E-state index in [0.717, 1.165) is 37.2 Å². The highest BCUT2D eigenvalue weighted by Gasteiger charge is 2.42. The second-order valence-corrected chi connectivity index (χ2v) is 7.15. The predicted molar refractivity (Wildman–Crippen MR) is 68.7 cm³/mol. The molecule has 0 N–H and O–H groups in total. The molecule has 4 rings (SSSR count). The van der Waals surface area contributed by atoms with E-state index in [1.807, 2.05) is 6.92 Å². The molecule has 3 fully saturated rings. The SMILES string of the molecule is Cc1ccc(S(=O)(=O)OC2CCC3CC2C3)cc1. The van der Waals surface area contributed by atoms with Crippen molar-refractivity contribution < 1.29 is 12.6 Å². The summed E-state index contributed by atoms with van der Waals surface area (Å²) in [5.74, 6) is 1.29. The summed E-state index contributed by atoms with van der Waals surface area (Å²) in [7, 11) is -3.58. The van der Waals surface area contributed by atoms with E-state index in [2.05, 4.69) is 0 Å². The summed E-state index contributed by atoms with van der Waals surface area (Å²) in [4.78, 5) is 0.273. The minimum absolute atomic E-state index is 0.0960. The van der Waals surface area contributed by atoms with Gasteiger partial charge in [0.1, 0.15) is 0 Å². The number of rotatable bonds is 3. The zero-order chi connectivity index (χ0) is 12.8. The molecule has 2 bridgehead atoms. The van der Waals surface area contributed by atoms with Crippen LogP contribution in [0.25, 0.3) is 0 Å². The molecule has 3 aliphatic carbocycles. The first kappa shape index (κ1) is 12.2. The minimum Gasteiger partial charge on any atom is -0.263 e. The number of hydrogen-bond acceptors (Lipinski definition) is 3. The summed E-state index contributed by atoms with van der Waals surface area (Å²) in [6, 6.07) is 6.85. The Hall–Kier alpha value is -0.870. The van der Waals surface area contributed by atoms with Gasteiger partial charge in [0.25, 0.3) is 10.1 Å². The van der Waals surface area contributed by atoms with Crippen LogP contribution < -0.4 is 0 Å². The standard InChI is InChI=1S/C14H18O3S/c1-10-2-5-13(6-3-10)18(15,16)17-14-7-4-11-8-12(14)9-11/h2-3,5-6,11-12,14H,4,7-9H2,1H3. The first-order valence-electron chi connectivity index (χ1n) is 6.54. The fourth-order valence-corrected chi connectivity index (χ4v) is 4.17. The summed E-state index contributed by atoms with van der Waals surface area (Å²) in [6.07, 6.45) is 4.20. The summed E-state index contributed by atoms with van der Waals surface area (Å²) in [5, 5.41) is 0. The van der Waals surface area contributed by atoms with Gasteiger partial charge >= 0.3 is 0 Å². The third kappa shape index (κ3) is 2.19. The van der Waals surface area contributed by atoms with E-state index in [-0.39, 0.29) is 11.0 Å². The third-order valence-corrected chi connectivity index (χ3v) is 5.57. The van der Waals surface area contributed by atoms with Crippen LogP contribution >= 0.6 is 0 Å². The highest BCUT2D eigenvalue weighted by Crippen LogP contribution is 2.47. The van der Waals surface area contributed by atoms with Gasteiger partial charge in [-0.25, -0.2) is 0 Å². The lowest BCUT2D eigenvalue weighted by molar-refractivity contribution is -0.00838. The van der Waals surface area contributed by atoms with Gasteiger partial charge in [-0.05, 0) is 56.6 Å². The monoisotopic (exact) mass is 266 g/mol. The fourth-order valence-electron chi connectivity index (χ4n) is 3.01. The fraction of sp³-hybridized carbons (Fsp3) is 0.571. The first-order valence-corrected chi connectivity index (χ1v) is 7.95. The van der Waals surface area contributed by atoms with Crippen LogP contribution in [0, 0.1) is 18.8 Å². The van der Waals surface area contributed by atoms with Crippen molar-refractivity contribution in [2.24, 2.45) is 11.8 Å². The largest absolute Gasteiger partial charge is 0.297 e. The van der Waals surface area contributed by atoms with Gasteiger partial charge in [-0.2, -0.15) is 8.42 Å². The zero-order valence-corrected chi connectivity index (χ0v) is 11.3. The molecule has 0 amide bonds. The lowest BCUT2D eigenvalue weighted by atomic mass is 9.64. The summed E-state index contributed by atoms with van der Waals surface area (Å²) in [6.45, 7) is 1.94. The zero-order valence-electron chi connectivity index (χ0n) is 10.5. The van der Waals surface area contributed by atoms with Gasteiger partial charge in [-0.3, -0.25) is 4.18 Å². The van der Waals surface area contributed by atoms with Crippen LogP contribution in [0.1, 0.15) is 31.2 Å². The van der Waals surface area contributed by atoms with Crippen LogP contribution in [0.4, 0.5) is 0 Å². The maximum Gasteiger partial charge on any atom is 0.297 e. The molecule has 1 aromatic rings. The number of fused-ring (bicyclic) bond motifs is 2. The maximum atomic E-state index is 12.2.